The molecule has 2 aromatic rings. The molecule has 0 spiro atoms. The lowest BCUT2D eigenvalue weighted by molar-refractivity contribution is 0.110. The van der Waals surface area contributed by atoms with E-state index in [2.05, 4.69) is 28.2 Å². The van der Waals surface area contributed by atoms with Crippen molar-refractivity contribution in [2.24, 2.45) is 0 Å². The van der Waals surface area contributed by atoms with Crippen molar-refractivity contribution in [2.75, 3.05) is 18.5 Å². The molecule has 0 saturated carbocycles. The van der Waals surface area contributed by atoms with Crippen molar-refractivity contribution < 1.29 is 4.74 Å². The largest absolute Gasteiger partial charge is 0.384 e. The van der Waals surface area contributed by atoms with Gasteiger partial charge in [0.25, 0.3) is 0 Å². The molecule has 0 fully saturated rings. The lowest BCUT2D eigenvalue weighted by Crippen LogP contribution is -2.15. The lowest BCUT2D eigenvalue weighted by Gasteiger charge is -2.22. The van der Waals surface area contributed by atoms with Crippen LogP contribution in [0.25, 0.3) is 10.9 Å². The van der Waals surface area contributed by atoms with E-state index in [-0.39, 0.29) is 0 Å². The lowest BCUT2D eigenvalue weighted by atomic mass is 10.0. The molecule has 1 aliphatic heterocycles. The number of nitrogens with zero attached hydrogens (tertiary/aromatic N) is 1. The zero-order chi connectivity index (χ0) is 13.4. The van der Waals surface area contributed by atoms with Gasteiger partial charge in [-0.25, -0.2) is 0 Å². The van der Waals surface area contributed by atoms with Crippen molar-refractivity contribution >= 4 is 44.1 Å². The van der Waals surface area contributed by atoms with E-state index in [1.165, 1.54) is 0 Å². The van der Waals surface area contributed by atoms with E-state index < -0.39 is 0 Å². The van der Waals surface area contributed by atoms with Crippen LogP contribution in [0.15, 0.2) is 16.6 Å². The highest BCUT2D eigenvalue weighted by atomic mass is 79.9. The van der Waals surface area contributed by atoms with E-state index in [4.69, 9.17) is 21.3 Å². The van der Waals surface area contributed by atoms with Crippen LogP contribution in [-0.4, -0.2) is 18.1 Å². The molecule has 2 heterocycles. The number of hydrogen-bond acceptors (Lipinski definition) is 3. The molecule has 0 saturated heterocycles. The maximum absolute atomic E-state index is 6.30. The van der Waals surface area contributed by atoms with Gasteiger partial charge in [0.05, 0.1) is 35.1 Å². The Morgan fingerprint density at radius 2 is 2.32 bits per heavy atom. The van der Waals surface area contributed by atoms with Gasteiger partial charge in [0, 0.05) is 28.4 Å². The normalized spacial score (nSPS) is 14.5. The van der Waals surface area contributed by atoms with Gasteiger partial charge < -0.3 is 10.1 Å². The minimum absolute atomic E-state index is 0.611. The number of fused-ring (bicyclic) bond motifs is 2. The average molecular weight is 342 g/mol. The van der Waals surface area contributed by atoms with Gasteiger partial charge in [-0.15, -0.1) is 0 Å². The van der Waals surface area contributed by atoms with Crippen molar-refractivity contribution in [2.45, 2.75) is 20.0 Å². The van der Waals surface area contributed by atoms with Gasteiger partial charge >= 0.3 is 0 Å². The van der Waals surface area contributed by atoms with E-state index in [9.17, 15) is 0 Å². The predicted molar refractivity (Wildman–Crippen MR) is 82.0 cm³/mol. The molecule has 0 amide bonds. The summed E-state index contributed by atoms with van der Waals surface area (Å²) in [5, 5.41) is 5.17. The van der Waals surface area contributed by atoms with Crippen LogP contribution in [-0.2, 0) is 17.8 Å². The summed E-state index contributed by atoms with van der Waals surface area (Å²) < 4.78 is 6.58. The number of benzene rings is 1. The second-order valence-electron chi connectivity index (χ2n) is 4.50. The van der Waals surface area contributed by atoms with Gasteiger partial charge in [-0.2, -0.15) is 0 Å². The van der Waals surface area contributed by atoms with Crippen LogP contribution >= 0.6 is 27.5 Å². The molecule has 3 rings (SSSR count). The molecular weight excluding hydrogens is 328 g/mol. The molecule has 1 N–H and O–H groups in total. The van der Waals surface area contributed by atoms with E-state index in [0.717, 1.165) is 51.9 Å². The Hall–Kier alpha value is -0.840. The molecule has 0 atom stereocenters. The quantitative estimate of drug-likeness (QED) is 0.891. The van der Waals surface area contributed by atoms with Gasteiger partial charge in [0.15, 0.2) is 0 Å². The summed E-state index contributed by atoms with van der Waals surface area (Å²) in [4.78, 5) is 4.74. The number of anilines is 1. The van der Waals surface area contributed by atoms with Gasteiger partial charge in [-0.3, -0.25) is 4.98 Å². The van der Waals surface area contributed by atoms with Crippen LogP contribution in [0.4, 0.5) is 5.69 Å². The number of halogens is 2. The third-order valence-corrected chi connectivity index (χ3v) is 4.27. The van der Waals surface area contributed by atoms with Crippen molar-refractivity contribution in [3.05, 3.63) is 32.9 Å². The Morgan fingerprint density at radius 1 is 1.47 bits per heavy atom. The molecule has 100 valence electrons. The zero-order valence-electron chi connectivity index (χ0n) is 10.6. The first-order chi connectivity index (χ1) is 9.22. The SMILES string of the molecule is CCNc1c2c(nc3c(Cl)ccc(Br)c13)CCOC2. The van der Waals surface area contributed by atoms with Crippen molar-refractivity contribution in [3.8, 4) is 0 Å². The molecule has 0 unspecified atom stereocenters. The van der Waals surface area contributed by atoms with Crippen LogP contribution in [0.5, 0.6) is 0 Å². The summed E-state index contributed by atoms with van der Waals surface area (Å²) >= 11 is 9.90. The Balaban J connectivity index is 2.39. The van der Waals surface area contributed by atoms with Crippen LogP contribution < -0.4 is 5.32 Å². The van der Waals surface area contributed by atoms with E-state index >= 15 is 0 Å². The minimum Gasteiger partial charge on any atom is -0.384 e. The molecule has 5 heteroatoms. The minimum atomic E-state index is 0.611. The molecule has 0 aliphatic carbocycles. The van der Waals surface area contributed by atoms with Crippen LogP contribution in [0.1, 0.15) is 18.2 Å². The number of aromatic nitrogens is 1. The summed E-state index contributed by atoms with van der Waals surface area (Å²) in [5.74, 6) is 0. The third kappa shape index (κ3) is 2.22. The number of rotatable bonds is 2. The standard InChI is InChI=1S/C14H14BrClN2O/c1-2-17-13-8-7-19-6-5-11(8)18-14-10(16)4-3-9(15)12(13)14/h3-4H,2,5-7H2,1H3,(H,17,18). The van der Waals surface area contributed by atoms with E-state index in [1.807, 2.05) is 12.1 Å². The molecule has 1 aromatic carbocycles. The van der Waals surface area contributed by atoms with E-state index in [0.29, 0.717) is 11.6 Å². The molecule has 3 nitrogen and oxygen atoms in total. The average Bonchev–Trinajstić information content (AvgIpc) is 2.43. The fourth-order valence-electron chi connectivity index (χ4n) is 2.46. The molecule has 0 bridgehead atoms. The zero-order valence-corrected chi connectivity index (χ0v) is 12.9. The van der Waals surface area contributed by atoms with Crippen molar-refractivity contribution in [1.29, 1.82) is 0 Å². The number of nitrogens with one attached hydrogen (secondary N) is 1. The summed E-state index contributed by atoms with van der Waals surface area (Å²) in [5.41, 5.74) is 4.20. The first kappa shape index (κ1) is 13.2. The first-order valence-electron chi connectivity index (χ1n) is 6.33. The fraction of sp³-hybridized carbons (Fsp3) is 0.357. The Bertz CT molecular complexity index is 645. The second kappa shape index (κ2) is 5.27. The van der Waals surface area contributed by atoms with E-state index in [1.54, 1.807) is 0 Å². The molecular formula is C14H14BrClN2O. The van der Waals surface area contributed by atoms with Gasteiger partial charge in [-0.05, 0) is 19.1 Å². The molecule has 1 aliphatic rings. The number of hydrogen-bond donors (Lipinski definition) is 1. The van der Waals surface area contributed by atoms with Crippen LogP contribution in [0.2, 0.25) is 5.02 Å². The highest BCUT2D eigenvalue weighted by Gasteiger charge is 2.20. The molecule has 0 radical (unpaired) electrons. The maximum atomic E-state index is 6.30. The second-order valence-corrected chi connectivity index (χ2v) is 5.76. The number of ether oxygens (including phenoxy) is 1. The number of pyridine rings is 1. The summed E-state index contributed by atoms with van der Waals surface area (Å²) in [6.07, 6.45) is 0.840. The van der Waals surface area contributed by atoms with Crippen LogP contribution in [0.3, 0.4) is 0 Å². The van der Waals surface area contributed by atoms with Gasteiger partial charge in [0.1, 0.15) is 0 Å². The Labute approximate surface area is 125 Å². The first-order valence-corrected chi connectivity index (χ1v) is 7.50. The highest BCUT2D eigenvalue weighted by Crippen LogP contribution is 2.38. The van der Waals surface area contributed by atoms with Gasteiger partial charge in [-0.1, -0.05) is 27.5 Å². The summed E-state index contributed by atoms with van der Waals surface area (Å²) in [6, 6.07) is 3.84. The monoisotopic (exact) mass is 340 g/mol. The Kier molecular flexibility index (Phi) is 3.65. The summed E-state index contributed by atoms with van der Waals surface area (Å²) in [6.45, 7) is 4.27. The Morgan fingerprint density at radius 3 is 3.11 bits per heavy atom. The fourth-order valence-corrected chi connectivity index (χ4v) is 3.18. The van der Waals surface area contributed by atoms with Crippen molar-refractivity contribution in [1.82, 2.24) is 4.98 Å². The summed E-state index contributed by atoms with van der Waals surface area (Å²) in [7, 11) is 0. The maximum Gasteiger partial charge on any atom is 0.0923 e. The predicted octanol–water partition coefficient (Wildman–Crippen LogP) is 4.16. The smallest absolute Gasteiger partial charge is 0.0923 e. The topological polar surface area (TPSA) is 34.2 Å². The highest BCUT2D eigenvalue weighted by molar-refractivity contribution is 9.10. The van der Waals surface area contributed by atoms with Crippen LogP contribution in [0, 0.1) is 0 Å². The van der Waals surface area contributed by atoms with Gasteiger partial charge in [0.2, 0.25) is 0 Å². The third-order valence-electron chi connectivity index (χ3n) is 3.31. The molecule has 19 heavy (non-hydrogen) atoms. The molecule has 1 aromatic heterocycles. The van der Waals surface area contributed by atoms with Crippen molar-refractivity contribution in [3.63, 3.8) is 0 Å².